The van der Waals surface area contributed by atoms with Gasteiger partial charge in [0.1, 0.15) is 0 Å². The highest BCUT2D eigenvalue weighted by Gasteiger charge is 2.39. The lowest BCUT2D eigenvalue weighted by Crippen LogP contribution is -2.42. The van der Waals surface area contributed by atoms with Gasteiger partial charge in [-0.3, -0.25) is 9.59 Å². The normalized spacial score (nSPS) is 22.2. The van der Waals surface area contributed by atoms with E-state index in [0.29, 0.717) is 30.6 Å². The molecule has 0 aromatic heterocycles. The van der Waals surface area contributed by atoms with Crippen LogP contribution in [-0.4, -0.2) is 29.3 Å². The van der Waals surface area contributed by atoms with Gasteiger partial charge in [0.2, 0.25) is 11.8 Å². The van der Waals surface area contributed by atoms with E-state index >= 15 is 0 Å². The van der Waals surface area contributed by atoms with Crippen molar-refractivity contribution in [2.24, 2.45) is 5.92 Å². The molecular weight excluding hydrogens is 288 g/mol. The molecule has 5 heteroatoms. The van der Waals surface area contributed by atoms with Crippen molar-refractivity contribution in [2.75, 3.05) is 6.54 Å². The number of likely N-dealkylation sites (tertiary alicyclic amines) is 1. The Kier molecular flexibility index (Phi) is 4.15. The second kappa shape index (κ2) is 6.06. The number of amides is 2. The minimum Gasteiger partial charge on any atom is -0.352 e. The first kappa shape index (κ1) is 14.4. The molecule has 1 aliphatic heterocycles. The van der Waals surface area contributed by atoms with Crippen LogP contribution in [0.1, 0.15) is 31.2 Å². The molecule has 1 atom stereocenters. The minimum absolute atomic E-state index is 0.0277. The highest BCUT2D eigenvalue weighted by molar-refractivity contribution is 6.30. The maximum atomic E-state index is 12.2. The van der Waals surface area contributed by atoms with Gasteiger partial charge in [0, 0.05) is 30.6 Å². The molecule has 1 unspecified atom stereocenters. The first-order valence-electron chi connectivity index (χ1n) is 7.45. The van der Waals surface area contributed by atoms with E-state index in [9.17, 15) is 9.59 Å². The molecule has 1 saturated heterocycles. The summed E-state index contributed by atoms with van der Waals surface area (Å²) >= 11 is 5.83. The number of rotatable bonds is 4. The second-order valence-corrected chi connectivity index (χ2v) is 6.31. The van der Waals surface area contributed by atoms with Crippen molar-refractivity contribution < 1.29 is 9.59 Å². The smallest absolute Gasteiger partial charge is 0.225 e. The minimum atomic E-state index is -0.203. The fourth-order valence-electron chi connectivity index (χ4n) is 2.89. The SMILES string of the molecule is O=C(NCc1ccc(Cl)cc1)C1CC(=O)N(C2CCC2)C1. The summed E-state index contributed by atoms with van der Waals surface area (Å²) in [7, 11) is 0. The number of benzene rings is 1. The van der Waals surface area contributed by atoms with Gasteiger partial charge >= 0.3 is 0 Å². The van der Waals surface area contributed by atoms with Gasteiger partial charge in [0.05, 0.1) is 5.92 Å². The van der Waals surface area contributed by atoms with Crippen LogP contribution in [0, 0.1) is 5.92 Å². The van der Waals surface area contributed by atoms with Crippen LogP contribution in [0.15, 0.2) is 24.3 Å². The third-order valence-electron chi connectivity index (χ3n) is 4.42. The Morgan fingerprint density at radius 2 is 2.00 bits per heavy atom. The van der Waals surface area contributed by atoms with Gasteiger partial charge in [-0.2, -0.15) is 0 Å². The van der Waals surface area contributed by atoms with Crippen LogP contribution in [0.5, 0.6) is 0 Å². The molecule has 21 heavy (non-hydrogen) atoms. The fraction of sp³-hybridized carbons (Fsp3) is 0.500. The van der Waals surface area contributed by atoms with Gasteiger partial charge in [-0.25, -0.2) is 0 Å². The number of nitrogens with zero attached hydrogens (tertiary/aromatic N) is 1. The summed E-state index contributed by atoms with van der Waals surface area (Å²) in [5.74, 6) is -0.100. The molecule has 3 rings (SSSR count). The molecule has 0 spiro atoms. The van der Waals surface area contributed by atoms with Crippen molar-refractivity contribution >= 4 is 23.4 Å². The highest BCUT2D eigenvalue weighted by Crippen LogP contribution is 2.30. The van der Waals surface area contributed by atoms with Crippen molar-refractivity contribution in [3.8, 4) is 0 Å². The van der Waals surface area contributed by atoms with Crippen molar-refractivity contribution in [1.29, 1.82) is 0 Å². The van der Waals surface area contributed by atoms with Gasteiger partial charge in [-0.05, 0) is 37.0 Å². The summed E-state index contributed by atoms with van der Waals surface area (Å²) in [5.41, 5.74) is 1.01. The predicted molar refractivity (Wildman–Crippen MR) is 80.8 cm³/mol. The number of nitrogens with one attached hydrogen (secondary N) is 1. The van der Waals surface area contributed by atoms with Crippen molar-refractivity contribution in [2.45, 2.75) is 38.3 Å². The molecule has 4 nitrogen and oxygen atoms in total. The zero-order valence-corrected chi connectivity index (χ0v) is 12.6. The number of carbonyl (C=O) groups excluding carboxylic acids is 2. The Balaban J connectivity index is 1.51. The molecule has 1 saturated carbocycles. The molecule has 1 N–H and O–H groups in total. The van der Waals surface area contributed by atoms with Gasteiger partial charge in [-0.15, -0.1) is 0 Å². The highest BCUT2D eigenvalue weighted by atomic mass is 35.5. The molecule has 1 aromatic rings. The summed E-state index contributed by atoms with van der Waals surface area (Å²) in [6, 6.07) is 7.78. The van der Waals surface area contributed by atoms with E-state index in [1.807, 2.05) is 17.0 Å². The van der Waals surface area contributed by atoms with E-state index in [1.165, 1.54) is 6.42 Å². The second-order valence-electron chi connectivity index (χ2n) is 5.88. The van der Waals surface area contributed by atoms with Gasteiger partial charge in [0.15, 0.2) is 0 Å². The zero-order valence-electron chi connectivity index (χ0n) is 11.8. The Labute approximate surface area is 129 Å². The fourth-order valence-corrected chi connectivity index (χ4v) is 3.02. The topological polar surface area (TPSA) is 49.4 Å². The lowest BCUT2D eigenvalue weighted by atomic mass is 9.92. The van der Waals surface area contributed by atoms with Crippen molar-refractivity contribution in [3.63, 3.8) is 0 Å². The standard InChI is InChI=1S/C16H19ClN2O2/c17-13-6-4-11(5-7-13)9-18-16(21)12-8-15(20)19(10-12)14-2-1-3-14/h4-7,12,14H,1-3,8-10H2,(H,18,21). The number of carbonyl (C=O) groups is 2. The summed E-state index contributed by atoms with van der Waals surface area (Å²) in [6.07, 6.45) is 3.72. The predicted octanol–water partition coefficient (Wildman–Crippen LogP) is 2.36. The number of hydrogen-bond acceptors (Lipinski definition) is 2. The van der Waals surface area contributed by atoms with Gasteiger partial charge in [0.25, 0.3) is 0 Å². The Hall–Kier alpha value is -1.55. The van der Waals surface area contributed by atoms with E-state index in [1.54, 1.807) is 12.1 Å². The Bertz CT molecular complexity index is 540. The first-order valence-corrected chi connectivity index (χ1v) is 7.83. The zero-order chi connectivity index (χ0) is 14.8. The summed E-state index contributed by atoms with van der Waals surface area (Å²) in [4.78, 5) is 26.1. The van der Waals surface area contributed by atoms with Crippen molar-refractivity contribution in [3.05, 3.63) is 34.9 Å². The van der Waals surface area contributed by atoms with Gasteiger partial charge < -0.3 is 10.2 Å². The van der Waals surface area contributed by atoms with Gasteiger partial charge in [-0.1, -0.05) is 23.7 Å². The monoisotopic (exact) mass is 306 g/mol. The lowest BCUT2D eigenvalue weighted by Gasteiger charge is -2.34. The molecule has 1 aliphatic carbocycles. The molecule has 2 fully saturated rings. The van der Waals surface area contributed by atoms with Crippen LogP contribution in [0.25, 0.3) is 0 Å². The number of hydrogen-bond donors (Lipinski definition) is 1. The molecule has 2 amide bonds. The van der Waals surface area contributed by atoms with Crippen LogP contribution < -0.4 is 5.32 Å². The molecule has 0 radical (unpaired) electrons. The van der Waals surface area contributed by atoms with Crippen molar-refractivity contribution in [1.82, 2.24) is 10.2 Å². The van der Waals surface area contributed by atoms with Crippen LogP contribution in [-0.2, 0) is 16.1 Å². The molecule has 2 aliphatic rings. The average Bonchev–Trinajstić information content (AvgIpc) is 2.78. The third-order valence-corrected chi connectivity index (χ3v) is 4.68. The van der Waals surface area contributed by atoms with E-state index in [0.717, 1.165) is 18.4 Å². The lowest BCUT2D eigenvalue weighted by molar-refractivity contribution is -0.131. The summed E-state index contributed by atoms with van der Waals surface area (Å²) < 4.78 is 0. The molecular formula is C16H19ClN2O2. The molecule has 1 aromatic carbocycles. The number of halogens is 1. The maximum Gasteiger partial charge on any atom is 0.225 e. The largest absolute Gasteiger partial charge is 0.352 e. The van der Waals surface area contributed by atoms with Crippen LogP contribution in [0.4, 0.5) is 0 Å². The molecule has 1 heterocycles. The Morgan fingerprint density at radius 3 is 2.62 bits per heavy atom. The third kappa shape index (κ3) is 3.21. The van der Waals surface area contributed by atoms with Crippen LogP contribution >= 0.6 is 11.6 Å². The van der Waals surface area contributed by atoms with Crippen LogP contribution in [0.2, 0.25) is 5.02 Å². The quantitative estimate of drug-likeness (QED) is 0.928. The average molecular weight is 307 g/mol. The van der Waals surface area contributed by atoms with E-state index < -0.39 is 0 Å². The Morgan fingerprint density at radius 1 is 1.29 bits per heavy atom. The molecule has 112 valence electrons. The summed E-state index contributed by atoms with van der Waals surface area (Å²) in [5, 5.41) is 3.60. The van der Waals surface area contributed by atoms with Crippen LogP contribution in [0.3, 0.4) is 0 Å². The van der Waals surface area contributed by atoms with E-state index in [2.05, 4.69) is 5.32 Å². The van der Waals surface area contributed by atoms with E-state index in [-0.39, 0.29) is 17.7 Å². The molecule has 0 bridgehead atoms. The maximum absolute atomic E-state index is 12.2. The summed E-state index contributed by atoms with van der Waals surface area (Å²) in [6.45, 7) is 1.06. The van der Waals surface area contributed by atoms with E-state index in [4.69, 9.17) is 11.6 Å². The first-order chi connectivity index (χ1) is 10.1.